The third-order valence-corrected chi connectivity index (χ3v) is 4.48. The average molecular weight is 326 g/mol. The Morgan fingerprint density at radius 2 is 2.20 bits per heavy atom. The van der Waals surface area contributed by atoms with Crippen LogP contribution in [0.25, 0.3) is 11.0 Å². The van der Waals surface area contributed by atoms with Crippen molar-refractivity contribution in [1.82, 2.24) is 14.5 Å². The van der Waals surface area contributed by atoms with Crippen LogP contribution in [0.1, 0.15) is 28.0 Å². The second-order valence-corrected chi connectivity index (χ2v) is 7.03. The quantitative estimate of drug-likeness (QED) is 0.647. The monoisotopic (exact) mass is 325 g/mol. The van der Waals surface area contributed by atoms with Crippen LogP contribution in [-0.2, 0) is 6.54 Å². The van der Waals surface area contributed by atoms with Gasteiger partial charge in [0.05, 0.1) is 22.5 Å². The molecule has 0 fully saturated rings. The van der Waals surface area contributed by atoms with E-state index in [9.17, 15) is 0 Å². The second kappa shape index (κ2) is 5.35. The van der Waals surface area contributed by atoms with Crippen LogP contribution in [0.2, 0.25) is 5.02 Å². The second-order valence-electron chi connectivity index (χ2n) is 4.64. The molecule has 0 spiro atoms. The Hall–Kier alpha value is -1.10. The van der Waals surface area contributed by atoms with Gasteiger partial charge in [0.25, 0.3) is 0 Å². The van der Waals surface area contributed by atoms with Crippen molar-refractivity contribution in [2.75, 3.05) is 0 Å². The Kier molecular flexibility index (Phi) is 3.71. The van der Waals surface area contributed by atoms with E-state index in [4.69, 9.17) is 23.2 Å². The largest absolute Gasteiger partial charge is 0.320 e. The molecule has 0 aliphatic carbocycles. The molecule has 3 nitrogen and oxygen atoms in total. The highest BCUT2D eigenvalue weighted by Crippen LogP contribution is 2.29. The van der Waals surface area contributed by atoms with Crippen molar-refractivity contribution in [2.45, 2.75) is 25.8 Å². The van der Waals surface area contributed by atoms with Gasteiger partial charge in [-0.3, -0.25) is 0 Å². The van der Waals surface area contributed by atoms with E-state index in [0.717, 1.165) is 21.9 Å². The molecule has 0 amide bonds. The summed E-state index contributed by atoms with van der Waals surface area (Å²) in [4.78, 5) is 10.2. The molecule has 20 heavy (non-hydrogen) atoms. The molecule has 1 atom stereocenters. The van der Waals surface area contributed by atoms with Gasteiger partial charge >= 0.3 is 0 Å². The lowest BCUT2D eigenvalue weighted by Crippen LogP contribution is -2.05. The molecule has 3 rings (SSSR count). The summed E-state index contributed by atoms with van der Waals surface area (Å²) in [5.41, 5.74) is 1.79. The van der Waals surface area contributed by atoms with Crippen molar-refractivity contribution >= 4 is 45.6 Å². The predicted molar refractivity (Wildman–Crippen MR) is 85.0 cm³/mol. The van der Waals surface area contributed by atoms with Crippen molar-refractivity contribution in [3.63, 3.8) is 0 Å². The SMILES string of the molecule is Cc1cnc(Cn2c(C(C)Cl)nc3c(Cl)cccc32)s1. The number of hydrogen-bond donors (Lipinski definition) is 0. The summed E-state index contributed by atoms with van der Waals surface area (Å²) in [6.45, 7) is 4.64. The fourth-order valence-electron chi connectivity index (χ4n) is 2.21. The molecular formula is C14H13Cl2N3S. The van der Waals surface area contributed by atoms with Gasteiger partial charge in [-0.1, -0.05) is 17.7 Å². The Labute approximate surface area is 131 Å². The van der Waals surface area contributed by atoms with Crippen LogP contribution >= 0.6 is 34.5 Å². The van der Waals surface area contributed by atoms with Crippen LogP contribution in [0.4, 0.5) is 0 Å². The standard InChI is InChI=1S/C14H13Cl2N3S/c1-8-6-17-12(20-8)7-19-11-5-3-4-10(16)13(11)18-14(19)9(2)15/h3-6,9H,7H2,1-2H3. The first kappa shape index (κ1) is 13.9. The van der Waals surface area contributed by atoms with Gasteiger partial charge in [0.2, 0.25) is 0 Å². The fraction of sp³-hybridized carbons (Fsp3) is 0.286. The topological polar surface area (TPSA) is 30.7 Å². The van der Waals surface area contributed by atoms with Gasteiger partial charge in [-0.05, 0) is 26.0 Å². The first-order chi connectivity index (χ1) is 9.56. The third kappa shape index (κ3) is 2.43. The van der Waals surface area contributed by atoms with Crippen LogP contribution in [0.3, 0.4) is 0 Å². The van der Waals surface area contributed by atoms with E-state index in [-0.39, 0.29) is 5.38 Å². The maximum Gasteiger partial charge on any atom is 0.128 e. The number of aryl methyl sites for hydroxylation is 1. The summed E-state index contributed by atoms with van der Waals surface area (Å²) < 4.78 is 2.09. The molecule has 104 valence electrons. The number of alkyl halides is 1. The molecule has 1 unspecified atom stereocenters. The van der Waals surface area contributed by atoms with Crippen molar-refractivity contribution in [1.29, 1.82) is 0 Å². The van der Waals surface area contributed by atoms with E-state index in [1.54, 1.807) is 11.3 Å². The summed E-state index contributed by atoms with van der Waals surface area (Å²) in [5.74, 6) is 0.822. The molecule has 1 aromatic carbocycles. The first-order valence-corrected chi connectivity index (χ1v) is 7.89. The van der Waals surface area contributed by atoms with Gasteiger partial charge < -0.3 is 4.57 Å². The summed E-state index contributed by atoms with van der Waals surface area (Å²) >= 11 is 14.2. The molecule has 0 saturated carbocycles. The van der Waals surface area contributed by atoms with Crippen molar-refractivity contribution in [3.8, 4) is 0 Å². The number of nitrogens with zero attached hydrogens (tertiary/aromatic N) is 3. The molecule has 0 aliphatic heterocycles. The molecule has 0 radical (unpaired) electrons. The Morgan fingerprint density at radius 3 is 2.85 bits per heavy atom. The van der Waals surface area contributed by atoms with E-state index in [1.165, 1.54) is 4.88 Å². The van der Waals surface area contributed by atoms with E-state index in [0.29, 0.717) is 11.6 Å². The number of benzene rings is 1. The molecule has 0 aliphatic rings. The van der Waals surface area contributed by atoms with Crippen LogP contribution in [0.15, 0.2) is 24.4 Å². The third-order valence-electron chi connectivity index (χ3n) is 3.08. The number of fused-ring (bicyclic) bond motifs is 1. The highest BCUT2D eigenvalue weighted by atomic mass is 35.5. The number of rotatable bonds is 3. The molecule has 2 heterocycles. The van der Waals surface area contributed by atoms with E-state index in [2.05, 4.69) is 21.5 Å². The number of halogens is 2. The minimum absolute atomic E-state index is 0.181. The van der Waals surface area contributed by atoms with Crippen LogP contribution in [-0.4, -0.2) is 14.5 Å². The number of thiazole rings is 1. The zero-order chi connectivity index (χ0) is 14.3. The molecule has 6 heteroatoms. The van der Waals surface area contributed by atoms with Crippen molar-refractivity contribution in [2.24, 2.45) is 0 Å². The zero-order valence-corrected chi connectivity index (χ0v) is 13.4. The van der Waals surface area contributed by atoms with E-state index < -0.39 is 0 Å². The normalized spacial score (nSPS) is 13.0. The highest BCUT2D eigenvalue weighted by molar-refractivity contribution is 7.11. The van der Waals surface area contributed by atoms with Crippen molar-refractivity contribution in [3.05, 3.63) is 45.1 Å². The van der Waals surface area contributed by atoms with Gasteiger partial charge in [-0.25, -0.2) is 9.97 Å². The minimum atomic E-state index is -0.181. The number of aromatic nitrogens is 3. The van der Waals surface area contributed by atoms with Gasteiger partial charge in [-0.2, -0.15) is 0 Å². The minimum Gasteiger partial charge on any atom is -0.320 e. The Bertz CT molecular complexity index is 761. The summed E-state index contributed by atoms with van der Waals surface area (Å²) in [7, 11) is 0. The lowest BCUT2D eigenvalue weighted by molar-refractivity contribution is 0.738. The maximum absolute atomic E-state index is 6.26. The van der Waals surface area contributed by atoms with Crippen LogP contribution < -0.4 is 0 Å². The smallest absolute Gasteiger partial charge is 0.128 e. The van der Waals surface area contributed by atoms with Gasteiger partial charge in [0, 0.05) is 11.1 Å². The first-order valence-electron chi connectivity index (χ1n) is 6.26. The summed E-state index contributed by atoms with van der Waals surface area (Å²) in [6, 6.07) is 5.79. The van der Waals surface area contributed by atoms with Gasteiger partial charge in [0.15, 0.2) is 0 Å². The lowest BCUT2D eigenvalue weighted by Gasteiger charge is -2.08. The molecule has 0 bridgehead atoms. The fourth-order valence-corrected chi connectivity index (χ4v) is 3.36. The van der Waals surface area contributed by atoms with Crippen LogP contribution in [0, 0.1) is 6.92 Å². The number of para-hydroxylation sites is 1. The summed E-state index contributed by atoms with van der Waals surface area (Å²) in [6.07, 6.45) is 1.88. The molecule has 0 saturated heterocycles. The van der Waals surface area contributed by atoms with Gasteiger partial charge in [-0.15, -0.1) is 22.9 Å². The van der Waals surface area contributed by atoms with Crippen LogP contribution in [0.5, 0.6) is 0 Å². The lowest BCUT2D eigenvalue weighted by atomic mass is 10.3. The van der Waals surface area contributed by atoms with Crippen molar-refractivity contribution < 1.29 is 0 Å². The number of imidazole rings is 1. The van der Waals surface area contributed by atoms with Gasteiger partial charge in [0.1, 0.15) is 16.3 Å². The molecule has 2 aromatic heterocycles. The summed E-state index contributed by atoms with van der Waals surface area (Å²) in [5, 5.41) is 1.51. The molecule has 3 aromatic rings. The zero-order valence-electron chi connectivity index (χ0n) is 11.1. The molecule has 0 N–H and O–H groups in total. The maximum atomic E-state index is 6.26. The number of hydrogen-bond acceptors (Lipinski definition) is 3. The average Bonchev–Trinajstić information content (AvgIpc) is 2.96. The van der Waals surface area contributed by atoms with E-state index in [1.807, 2.05) is 31.3 Å². The highest BCUT2D eigenvalue weighted by Gasteiger charge is 2.17. The Balaban J connectivity index is 2.16. The Morgan fingerprint density at radius 1 is 1.40 bits per heavy atom. The predicted octanol–water partition coefficient (Wildman–Crippen LogP) is 4.80. The molecular weight excluding hydrogens is 313 g/mol. The van der Waals surface area contributed by atoms with E-state index >= 15 is 0 Å².